The molecule has 3 rings (SSSR count). The maximum Gasteiger partial charge on any atom is 0.255 e. The Morgan fingerprint density at radius 3 is 2.48 bits per heavy atom. The van der Waals surface area contributed by atoms with E-state index >= 15 is 0 Å². The topological polar surface area (TPSA) is 76.0 Å². The number of aryl methyl sites for hydroxylation is 1. The number of nitrogens with one attached hydrogen (secondary N) is 2. The summed E-state index contributed by atoms with van der Waals surface area (Å²) in [5.74, 6) is -1.16. The highest BCUT2D eigenvalue weighted by Crippen LogP contribution is 2.14. The molecule has 0 aliphatic heterocycles. The Bertz CT molecular complexity index is 936. The van der Waals surface area contributed by atoms with Crippen LogP contribution in [0.2, 0.25) is 0 Å². The standard InChI is InChI=1S/C20H19FN4O2/c1-25-18(11-14-5-3-2-4-6-14)17(12-23-25)20(27)22-13-19(26)24-16-9-7-15(21)8-10-16/h2-10,12H,11,13H2,1H3,(H,22,27)(H,24,26). The molecule has 0 unspecified atom stereocenters. The molecule has 0 bridgehead atoms. The van der Waals surface area contributed by atoms with E-state index in [1.165, 1.54) is 30.5 Å². The zero-order chi connectivity index (χ0) is 19.2. The molecular formula is C20H19FN4O2. The van der Waals surface area contributed by atoms with Gasteiger partial charge in [0, 0.05) is 19.2 Å². The summed E-state index contributed by atoms with van der Waals surface area (Å²) in [6.07, 6.45) is 2.05. The highest BCUT2D eigenvalue weighted by atomic mass is 19.1. The minimum Gasteiger partial charge on any atom is -0.343 e. The lowest BCUT2D eigenvalue weighted by atomic mass is 10.1. The molecule has 0 aliphatic rings. The molecule has 0 saturated carbocycles. The Morgan fingerprint density at radius 1 is 1.07 bits per heavy atom. The Hall–Kier alpha value is -3.48. The number of hydrogen-bond acceptors (Lipinski definition) is 3. The molecule has 27 heavy (non-hydrogen) atoms. The van der Waals surface area contributed by atoms with Gasteiger partial charge in [-0.05, 0) is 29.8 Å². The first-order chi connectivity index (χ1) is 13.0. The van der Waals surface area contributed by atoms with Gasteiger partial charge in [-0.1, -0.05) is 30.3 Å². The van der Waals surface area contributed by atoms with Crippen LogP contribution in [-0.2, 0) is 18.3 Å². The van der Waals surface area contributed by atoms with Gasteiger partial charge in [0.05, 0.1) is 24.0 Å². The van der Waals surface area contributed by atoms with Gasteiger partial charge in [-0.2, -0.15) is 5.10 Å². The average Bonchev–Trinajstić information content (AvgIpc) is 3.03. The molecule has 2 aromatic carbocycles. The van der Waals surface area contributed by atoms with Crippen LogP contribution in [0, 0.1) is 5.82 Å². The number of benzene rings is 2. The van der Waals surface area contributed by atoms with Gasteiger partial charge in [0.25, 0.3) is 5.91 Å². The number of amides is 2. The van der Waals surface area contributed by atoms with Crippen molar-refractivity contribution < 1.29 is 14.0 Å². The van der Waals surface area contributed by atoms with Crippen LogP contribution in [0.1, 0.15) is 21.6 Å². The molecule has 2 amide bonds. The van der Waals surface area contributed by atoms with E-state index in [4.69, 9.17) is 0 Å². The third kappa shape index (κ3) is 4.78. The predicted molar refractivity (Wildman–Crippen MR) is 99.8 cm³/mol. The van der Waals surface area contributed by atoms with Crippen LogP contribution in [0.3, 0.4) is 0 Å². The van der Waals surface area contributed by atoms with Crippen molar-refractivity contribution in [3.8, 4) is 0 Å². The van der Waals surface area contributed by atoms with Crippen LogP contribution >= 0.6 is 0 Å². The Morgan fingerprint density at radius 2 is 1.78 bits per heavy atom. The summed E-state index contributed by atoms with van der Waals surface area (Å²) in [6, 6.07) is 15.2. The molecule has 138 valence electrons. The van der Waals surface area contributed by atoms with Crippen molar-refractivity contribution in [1.82, 2.24) is 15.1 Å². The predicted octanol–water partition coefficient (Wildman–Crippen LogP) is 2.52. The number of hydrogen-bond donors (Lipinski definition) is 2. The van der Waals surface area contributed by atoms with Gasteiger partial charge in [0.15, 0.2) is 0 Å². The van der Waals surface area contributed by atoms with Gasteiger partial charge in [0.1, 0.15) is 5.82 Å². The summed E-state index contributed by atoms with van der Waals surface area (Å²) >= 11 is 0. The van der Waals surface area contributed by atoms with Gasteiger partial charge in [-0.15, -0.1) is 0 Å². The molecule has 6 nitrogen and oxygen atoms in total. The van der Waals surface area contributed by atoms with Crippen molar-refractivity contribution in [3.05, 3.63) is 83.4 Å². The third-order valence-electron chi connectivity index (χ3n) is 4.06. The Kier molecular flexibility index (Phi) is 5.61. The van der Waals surface area contributed by atoms with Crippen LogP contribution in [0.25, 0.3) is 0 Å². The molecule has 0 spiro atoms. The summed E-state index contributed by atoms with van der Waals surface area (Å²) < 4.78 is 14.5. The van der Waals surface area contributed by atoms with Crippen molar-refractivity contribution in [2.45, 2.75) is 6.42 Å². The lowest BCUT2D eigenvalue weighted by molar-refractivity contribution is -0.115. The van der Waals surface area contributed by atoms with Crippen LogP contribution in [-0.4, -0.2) is 28.1 Å². The molecule has 2 N–H and O–H groups in total. The van der Waals surface area contributed by atoms with Gasteiger partial charge < -0.3 is 10.6 Å². The number of rotatable bonds is 6. The highest BCUT2D eigenvalue weighted by Gasteiger charge is 2.17. The zero-order valence-electron chi connectivity index (χ0n) is 14.8. The molecule has 0 saturated heterocycles. The lowest BCUT2D eigenvalue weighted by Crippen LogP contribution is -2.33. The van der Waals surface area contributed by atoms with Crippen LogP contribution < -0.4 is 10.6 Å². The normalized spacial score (nSPS) is 10.4. The number of carbonyl (C=O) groups is 2. The number of anilines is 1. The van der Waals surface area contributed by atoms with Crippen molar-refractivity contribution in [2.24, 2.45) is 7.05 Å². The molecule has 1 heterocycles. The second-order valence-corrected chi connectivity index (χ2v) is 6.03. The summed E-state index contributed by atoms with van der Waals surface area (Å²) in [6.45, 7) is -0.199. The molecule has 0 atom stereocenters. The minimum absolute atomic E-state index is 0.199. The monoisotopic (exact) mass is 366 g/mol. The van der Waals surface area contributed by atoms with E-state index in [2.05, 4.69) is 15.7 Å². The summed E-state index contributed by atoms with van der Waals surface area (Å²) in [5, 5.41) is 9.34. The summed E-state index contributed by atoms with van der Waals surface area (Å²) in [5.41, 5.74) is 2.71. The fourth-order valence-electron chi connectivity index (χ4n) is 2.65. The second-order valence-electron chi connectivity index (χ2n) is 6.03. The van der Waals surface area contributed by atoms with Crippen LogP contribution in [0.5, 0.6) is 0 Å². The van der Waals surface area contributed by atoms with Gasteiger partial charge in [-0.25, -0.2) is 4.39 Å². The molecule has 0 aliphatic carbocycles. The van der Waals surface area contributed by atoms with Crippen molar-refractivity contribution >= 4 is 17.5 Å². The van der Waals surface area contributed by atoms with E-state index in [9.17, 15) is 14.0 Å². The quantitative estimate of drug-likeness (QED) is 0.704. The van der Waals surface area contributed by atoms with Crippen molar-refractivity contribution in [3.63, 3.8) is 0 Å². The van der Waals surface area contributed by atoms with E-state index in [1.54, 1.807) is 11.7 Å². The highest BCUT2D eigenvalue weighted by molar-refractivity contribution is 5.99. The summed E-state index contributed by atoms with van der Waals surface area (Å²) in [4.78, 5) is 24.5. The van der Waals surface area contributed by atoms with Crippen molar-refractivity contribution in [1.29, 1.82) is 0 Å². The van der Waals surface area contributed by atoms with E-state index in [1.807, 2.05) is 30.3 Å². The second kappa shape index (κ2) is 8.27. The molecular weight excluding hydrogens is 347 g/mol. The maximum absolute atomic E-state index is 12.9. The first-order valence-electron chi connectivity index (χ1n) is 8.41. The Balaban J connectivity index is 1.61. The van der Waals surface area contributed by atoms with Gasteiger partial charge in [-0.3, -0.25) is 14.3 Å². The first-order valence-corrected chi connectivity index (χ1v) is 8.41. The minimum atomic E-state index is -0.400. The average molecular weight is 366 g/mol. The number of nitrogens with zero attached hydrogens (tertiary/aromatic N) is 2. The van der Waals surface area contributed by atoms with Crippen molar-refractivity contribution in [2.75, 3.05) is 11.9 Å². The molecule has 7 heteroatoms. The maximum atomic E-state index is 12.9. The van der Waals surface area contributed by atoms with E-state index in [0.29, 0.717) is 17.7 Å². The molecule has 1 aromatic heterocycles. The number of halogens is 1. The largest absolute Gasteiger partial charge is 0.343 e. The van der Waals surface area contributed by atoms with E-state index in [-0.39, 0.29) is 18.3 Å². The zero-order valence-corrected chi connectivity index (χ0v) is 14.8. The summed E-state index contributed by atoms with van der Waals surface area (Å²) in [7, 11) is 1.77. The Labute approximate surface area is 156 Å². The number of carbonyl (C=O) groups excluding carboxylic acids is 2. The van der Waals surface area contributed by atoms with Crippen LogP contribution in [0.4, 0.5) is 10.1 Å². The van der Waals surface area contributed by atoms with E-state index < -0.39 is 5.91 Å². The van der Waals surface area contributed by atoms with E-state index in [0.717, 1.165) is 11.3 Å². The lowest BCUT2D eigenvalue weighted by Gasteiger charge is -2.09. The molecule has 0 fully saturated rings. The fourth-order valence-corrected chi connectivity index (χ4v) is 2.65. The first kappa shape index (κ1) is 18.3. The third-order valence-corrected chi connectivity index (χ3v) is 4.06. The van der Waals surface area contributed by atoms with Crippen LogP contribution in [0.15, 0.2) is 60.8 Å². The molecule has 0 radical (unpaired) electrons. The smallest absolute Gasteiger partial charge is 0.255 e. The van der Waals surface area contributed by atoms with Gasteiger partial charge in [0.2, 0.25) is 5.91 Å². The fraction of sp³-hybridized carbons (Fsp3) is 0.150. The number of aromatic nitrogens is 2. The molecule has 3 aromatic rings. The van der Waals surface area contributed by atoms with Gasteiger partial charge >= 0.3 is 0 Å². The SMILES string of the molecule is Cn1ncc(C(=O)NCC(=O)Nc2ccc(F)cc2)c1Cc1ccccc1.